The van der Waals surface area contributed by atoms with Crippen LogP contribution in [0.5, 0.6) is 0 Å². The molecule has 0 radical (unpaired) electrons. The Balaban J connectivity index is 2.37. The molecule has 0 fully saturated rings. The molecule has 1 aromatic carbocycles. The maximum absolute atomic E-state index is 11.3. The van der Waals surface area contributed by atoms with E-state index in [9.17, 15) is 19.7 Å². The molecular weight excluding hydrogens is 268 g/mol. The largest absolute Gasteiger partial charge is 0.481 e. The van der Waals surface area contributed by atoms with Crippen LogP contribution in [0.25, 0.3) is 0 Å². The molecule has 0 saturated heterocycles. The van der Waals surface area contributed by atoms with E-state index in [4.69, 9.17) is 9.84 Å². The van der Waals surface area contributed by atoms with E-state index >= 15 is 0 Å². The highest BCUT2D eigenvalue weighted by molar-refractivity contribution is 5.72. The first kappa shape index (κ1) is 15.4. The smallest absolute Gasteiger partial charge is 0.407 e. The third-order valence-corrected chi connectivity index (χ3v) is 2.49. The first-order chi connectivity index (χ1) is 9.40. The molecule has 0 aliphatic rings. The van der Waals surface area contributed by atoms with Crippen LogP contribution in [0, 0.1) is 16.0 Å². The van der Waals surface area contributed by atoms with Crippen molar-refractivity contribution in [2.45, 2.75) is 13.5 Å². The summed E-state index contributed by atoms with van der Waals surface area (Å²) < 4.78 is 4.85. The molecule has 0 spiro atoms. The molecule has 1 aromatic rings. The average Bonchev–Trinajstić information content (AvgIpc) is 2.42. The zero-order valence-electron chi connectivity index (χ0n) is 10.7. The minimum absolute atomic E-state index is 0.0333. The zero-order valence-corrected chi connectivity index (χ0v) is 10.7. The van der Waals surface area contributed by atoms with Gasteiger partial charge in [-0.1, -0.05) is 6.92 Å². The number of carboxylic acids is 1. The van der Waals surface area contributed by atoms with E-state index in [1.165, 1.54) is 31.2 Å². The Bertz CT molecular complexity index is 499. The van der Waals surface area contributed by atoms with Gasteiger partial charge in [0.1, 0.15) is 6.61 Å². The lowest BCUT2D eigenvalue weighted by molar-refractivity contribution is -0.384. The second-order valence-corrected chi connectivity index (χ2v) is 4.12. The van der Waals surface area contributed by atoms with Crippen LogP contribution in [0.15, 0.2) is 24.3 Å². The van der Waals surface area contributed by atoms with Crippen molar-refractivity contribution >= 4 is 17.7 Å². The fourth-order valence-electron chi connectivity index (χ4n) is 1.24. The van der Waals surface area contributed by atoms with Crippen molar-refractivity contribution in [1.82, 2.24) is 5.32 Å². The standard InChI is InChI=1S/C12H14N2O6/c1-8(11(15)16)6-13-12(17)20-7-9-2-4-10(5-3-9)14(18)19/h2-5,8H,6-7H2,1H3,(H,13,17)(H,15,16)/t8-/m1/s1. The van der Waals surface area contributed by atoms with Crippen LogP contribution in [0.4, 0.5) is 10.5 Å². The number of hydrogen-bond donors (Lipinski definition) is 2. The van der Waals surface area contributed by atoms with E-state index in [0.29, 0.717) is 5.56 Å². The van der Waals surface area contributed by atoms with Gasteiger partial charge >= 0.3 is 12.1 Å². The maximum atomic E-state index is 11.3. The van der Waals surface area contributed by atoms with Crippen LogP contribution < -0.4 is 5.32 Å². The van der Waals surface area contributed by atoms with E-state index in [1.54, 1.807) is 0 Å². The van der Waals surface area contributed by atoms with Gasteiger partial charge in [0.15, 0.2) is 0 Å². The highest BCUT2D eigenvalue weighted by Gasteiger charge is 2.12. The third-order valence-electron chi connectivity index (χ3n) is 2.49. The van der Waals surface area contributed by atoms with Gasteiger partial charge in [-0.05, 0) is 17.7 Å². The summed E-state index contributed by atoms with van der Waals surface area (Å²) in [6.07, 6.45) is -0.739. The highest BCUT2D eigenvalue weighted by atomic mass is 16.6. The van der Waals surface area contributed by atoms with Crippen LogP contribution in [0.1, 0.15) is 12.5 Å². The molecule has 8 nitrogen and oxygen atoms in total. The van der Waals surface area contributed by atoms with Gasteiger partial charge in [-0.15, -0.1) is 0 Å². The number of nitro groups is 1. The van der Waals surface area contributed by atoms with Crippen LogP contribution in [-0.2, 0) is 16.1 Å². The number of nitrogens with one attached hydrogen (secondary N) is 1. The topological polar surface area (TPSA) is 119 Å². The van der Waals surface area contributed by atoms with Gasteiger partial charge in [0.2, 0.25) is 0 Å². The number of carbonyl (C=O) groups is 2. The van der Waals surface area contributed by atoms with Gasteiger partial charge in [-0.2, -0.15) is 0 Å². The summed E-state index contributed by atoms with van der Waals surface area (Å²) in [5.74, 6) is -1.72. The Morgan fingerprint density at radius 2 is 2.00 bits per heavy atom. The number of aliphatic carboxylic acids is 1. The molecule has 1 rings (SSSR count). The van der Waals surface area contributed by atoms with Crippen molar-refractivity contribution in [3.8, 4) is 0 Å². The number of benzene rings is 1. The van der Waals surface area contributed by atoms with Crippen LogP contribution >= 0.6 is 0 Å². The van der Waals surface area contributed by atoms with Gasteiger partial charge in [0.25, 0.3) is 5.69 Å². The minimum Gasteiger partial charge on any atom is -0.481 e. The summed E-state index contributed by atoms with van der Waals surface area (Å²) in [7, 11) is 0. The summed E-state index contributed by atoms with van der Waals surface area (Å²) in [6.45, 7) is 1.37. The normalized spacial score (nSPS) is 11.4. The second kappa shape index (κ2) is 7.07. The van der Waals surface area contributed by atoms with Crippen molar-refractivity contribution in [3.63, 3.8) is 0 Å². The fraction of sp³-hybridized carbons (Fsp3) is 0.333. The molecule has 2 N–H and O–H groups in total. The number of carbonyl (C=O) groups excluding carboxylic acids is 1. The molecule has 108 valence electrons. The molecule has 0 bridgehead atoms. The quantitative estimate of drug-likeness (QED) is 0.603. The van der Waals surface area contributed by atoms with Crippen molar-refractivity contribution in [3.05, 3.63) is 39.9 Å². The fourth-order valence-corrected chi connectivity index (χ4v) is 1.24. The van der Waals surface area contributed by atoms with E-state index in [-0.39, 0.29) is 18.8 Å². The van der Waals surface area contributed by atoms with Crippen molar-refractivity contribution < 1.29 is 24.4 Å². The van der Waals surface area contributed by atoms with Crippen LogP contribution in [0.3, 0.4) is 0 Å². The number of rotatable bonds is 6. The molecule has 0 unspecified atom stereocenters. The molecule has 0 aliphatic carbocycles. The Labute approximate surface area is 114 Å². The number of alkyl carbamates (subject to hydrolysis) is 1. The summed E-state index contributed by atoms with van der Waals surface area (Å²) in [6, 6.07) is 5.57. The molecule has 0 saturated carbocycles. The molecule has 20 heavy (non-hydrogen) atoms. The van der Waals surface area contributed by atoms with Crippen molar-refractivity contribution in [2.24, 2.45) is 5.92 Å². The number of ether oxygens (including phenoxy) is 1. The number of amides is 1. The number of nitrogens with zero attached hydrogens (tertiary/aromatic N) is 1. The lowest BCUT2D eigenvalue weighted by atomic mass is 10.2. The van der Waals surface area contributed by atoms with Gasteiger partial charge in [-0.3, -0.25) is 14.9 Å². The Hall–Kier alpha value is -2.64. The molecule has 0 aliphatic heterocycles. The third kappa shape index (κ3) is 4.92. The van der Waals surface area contributed by atoms with Crippen LogP contribution in [0.2, 0.25) is 0 Å². The van der Waals surface area contributed by atoms with E-state index in [0.717, 1.165) is 0 Å². The lowest BCUT2D eigenvalue weighted by Crippen LogP contribution is -2.31. The molecule has 0 heterocycles. The minimum atomic E-state index is -1.01. The number of hydrogen-bond acceptors (Lipinski definition) is 5. The average molecular weight is 282 g/mol. The monoisotopic (exact) mass is 282 g/mol. The molecule has 1 amide bonds. The van der Waals surface area contributed by atoms with Gasteiger partial charge < -0.3 is 15.2 Å². The summed E-state index contributed by atoms with van der Waals surface area (Å²) >= 11 is 0. The predicted molar refractivity (Wildman–Crippen MR) is 68.1 cm³/mol. The maximum Gasteiger partial charge on any atom is 0.407 e. The Morgan fingerprint density at radius 3 is 2.50 bits per heavy atom. The zero-order chi connectivity index (χ0) is 15.1. The van der Waals surface area contributed by atoms with E-state index in [2.05, 4.69) is 5.32 Å². The lowest BCUT2D eigenvalue weighted by Gasteiger charge is -2.09. The van der Waals surface area contributed by atoms with Gasteiger partial charge in [0, 0.05) is 18.7 Å². The van der Waals surface area contributed by atoms with E-state index in [1.807, 2.05) is 0 Å². The van der Waals surface area contributed by atoms with E-state index < -0.39 is 22.9 Å². The Kier molecular flexibility index (Phi) is 5.45. The summed E-state index contributed by atoms with van der Waals surface area (Å²) in [4.78, 5) is 31.7. The van der Waals surface area contributed by atoms with Gasteiger partial charge in [-0.25, -0.2) is 4.79 Å². The van der Waals surface area contributed by atoms with Gasteiger partial charge in [0.05, 0.1) is 10.8 Å². The molecule has 1 atom stereocenters. The number of carboxylic acid groups (broad SMARTS) is 1. The number of non-ortho nitro benzene ring substituents is 1. The summed E-state index contributed by atoms with van der Waals surface area (Å²) in [5.41, 5.74) is 0.547. The van der Waals surface area contributed by atoms with Crippen molar-refractivity contribution in [1.29, 1.82) is 0 Å². The summed E-state index contributed by atoms with van der Waals surface area (Å²) in [5, 5.41) is 21.4. The molecule has 0 aromatic heterocycles. The Morgan fingerprint density at radius 1 is 1.40 bits per heavy atom. The first-order valence-electron chi connectivity index (χ1n) is 5.77. The predicted octanol–water partition coefficient (Wildman–Crippen LogP) is 1.54. The second-order valence-electron chi connectivity index (χ2n) is 4.12. The first-order valence-corrected chi connectivity index (χ1v) is 5.77. The number of nitro benzene ring substituents is 1. The van der Waals surface area contributed by atoms with Crippen molar-refractivity contribution in [2.75, 3.05) is 6.54 Å². The highest BCUT2D eigenvalue weighted by Crippen LogP contribution is 2.12. The van der Waals surface area contributed by atoms with Crippen LogP contribution in [-0.4, -0.2) is 28.6 Å². The SMILES string of the molecule is C[C@H](CNC(=O)OCc1ccc([N+](=O)[O-])cc1)C(=O)O. The molecule has 8 heteroatoms. The molecular formula is C12H14N2O6.